The average Bonchev–Trinajstić information content (AvgIpc) is 2.68. The molecule has 0 saturated carbocycles. The molecule has 0 saturated heterocycles. The van der Waals surface area contributed by atoms with Gasteiger partial charge in [0.1, 0.15) is 12.0 Å². The van der Waals surface area contributed by atoms with E-state index in [1.54, 1.807) is 0 Å². The normalized spacial score (nSPS) is 12.4. The largest absolute Gasteiger partial charge is 0.154 e. The topological polar surface area (TPSA) is 0 Å². The van der Waals surface area contributed by atoms with Crippen LogP contribution >= 0.6 is 0 Å². The van der Waals surface area contributed by atoms with Gasteiger partial charge in [0.2, 0.25) is 0 Å². The minimum Gasteiger partial charge on any atom is -0.0654 e. The lowest BCUT2D eigenvalue weighted by Gasteiger charge is -2.04. The second-order valence-corrected chi connectivity index (χ2v) is 10.1. The first-order valence-corrected chi connectivity index (χ1v) is 13.3. The van der Waals surface area contributed by atoms with E-state index in [0.717, 1.165) is 0 Å². The zero-order valence-electron chi connectivity index (χ0n) is 17.8. The second-order valence-electron chi connectivity index (χ2n) is 7.96. The Balaban J connectivity index is 1.76. The Morgan fingerprint density at radius 1 is 0.538 bits per heavy atom. The van der Waals surface area contributed by atoms with Gasteiger partial charge in [0.25, 0.3) is 0 Å². The van der Waals surface area contributed by atoms with Gasteiger partial charge >= 0.3 is 0 Å². The molecular formula is C25H45S+. The molecule has 1 heteroatoms. The van der Waals surface area contributed by atoms with Crippen molar-refractivity contribution in [3.8, 4) is 0 Å². The molecule has 0 fully saturated rings. The van der Waals surface area contributed by atoms with Crippen molar-refractivity contribution in [2.24, 2.45) is 0 Å². The van der Waals surface area contributed by atoms with E-state index in [1.165, 1.54) is 113 Å². The van der Waals surface area contributed by atoms with Gasteiger partial charge < -0.3 is 0 Å². The van der Waals surface area contributed by atoms with Crippen molar-refractivity contribution in [2.75, 3.05) is 12.0 Å². The molecule has 0 spiro atoms. The monoisotopic (exact) mass is 377 g/mol. The molecule has 0 amide bonds. The maximum absolute atomic E-state index is 2.40. The smallest absolute Gasteiger partial charge is 0.0654 e. The van der Waals surface area contributed by atoms with Crippen LogP contribution in [0, 0.1) is 0 Å². The Labute approximate surface area is 167 Å². The highest BCUT2D eigenvalue weighted by atomic mass is 32.2. The fourth-order valence-corrected chi connectivity index (χ4v) is 5.13. The molecule has 0 aliphatic rings. The molecule has 1 unspecified atom stereocenters. The van der Waals surface area contributed by atoms with Crippen molar-refractivity contribution in [1.29, 1.82) is 0 Å². The summed E-state index contributed by atoms with van der Waals surface area (Å²) in [6, 6.07) is 11.0. The van der Waals surface area contributed by atoms with Crippen LogP contribution in [0.5, 0.6) is 0 Å². The first kappa shape index (κ1) is 23.6. The van der Waals surface area contributed by atoms with Crippen LogP contribution in [0.4, 0.5) is 0 Å². The maximum atomic E-state index is 2.40. The van der Waals surface area contributed by atoms with Crippen LogP contribution in [-0.2, 0) is 10.9 Å². The fraction of sp³-hybridized carbons (Fsp3) is 0.760. The molecule has 0 radical (unpaired) electrons. The van der Waals surface area contributed by atoms with Crippen LogP contribution in [0.15, 0.2) is 35.2 Å². The Kier molecular flexibility index (Phi) is 16.3. The molecule has 0 bridgehead atoms. The molecule has 1 rings (SSSR count). The summed E-state index contributed by atoms with van der Waals surface area (Å²) in [5.41, 5.74) is 0. The Bertz CT molecular complexity index is 386. The lowest BCUT2D eigenvalue weighted by Crippen LogP contribution is -2.05. The molecule has 1 aromatic rings. The van der Waals surface area contributed by atoms with Crippen molar-refractivity contribution >= 4 is 10.9 Å². The van der Waals surface area contributed by atoms with Gasteiger partial charge in [-0.05, 0) is 25.0 Å². The van der Waals surface area contributed by atoms with Gasteiger partial charge in [-0.3, -0.25) is 0 Å². The summed E-state index contributed by atoms with van der Waals surface area (Å²) < 4.78 is 0. The van der Waals surface area contributed by atoms with Crippen molar-refractivity contribution in [3.05, 3.63) is 30.3 Å². The summed E-state index contributed by atoms with van der Waals surface area (Å²) in [5, 5.41) is 0. The molecule has 26 heavy (non-hydrogen) atoms. The number of hydrogen-bond acceptors (Lipinski definition) is 0. The Hall–Kier alpha value is -0.430. The lowest BCUT2D eigenvalue weighted by atomic mass is 10.0. The van der Waals surface area contributed by atoms with Crippen LogP contribution < -0.4 is 0 Å². The third kappa shape index (κ3) is 13.7. The van der Waals surface area contributed by atoms with E-state index < -0.39 is 0 Å². The van der Waals surface area contributed by atoms with Gasteiger partial charge in [0.05, 0.1) is 0 Å². The Morgan fingerprint density at radius 2 is 0.923 bits per heavy atom. The summed E-state index contributed by atoms with van der Waals surface area (Å²) in [5.74, 6) is 1.38. The fourth-order valence-electron chi connectivity index (χ4n) is 3.64. The van der Waals surface area contributed by atoms with Crippen molar-refractivity contribution in [1.82, 2.24) is 0 Å². The molecule has 0 nitrogen and oxygen atoms in total. The first-order valence-electron chi connectivity index (χ1n) is 11.5. The van der Waals surface area contributed by atoms with Crippen molar-refractivity contribution in [3.63, 3.8) is 0 Å². The number of hydrogen-bond donors (Lipinski definition) is 0. The summed E-state index contributed by atoms with van der Waals surface area (Å²) >= 11 is 0. The van der Waals surface area contributed by atoms with Gasteiger partial charge in [-0.15, -0.1) is 0 Å². The van der Waals surface area contributed by atoms with Crippen LogP contribution in [-0.4, -0.2) is 12.0 Å². The molecular weight excluding hydrogens is 332 g/mol. The van der Waals surface area contributed by atoms with Crippen LogP contribution in [0.25, 0.3) is 0 Å². The van der Waals surface area contributed by atoms with E-state index in [2.05, 4.69) is 43.5 Å². The van der Waals surface area contributed by atoms with Crippen LogP contribution in [0.2, 0.25) is 0 Å². The second kappa shape index (κ2) is 18.0. The molecule has 0 heterocycles. The average molecular weight is 378 g/mol. The van der Waals surface area contributed by atoms with Crippen molar-refractivity contribution in [2.45, 2.75) is 115 Å². The summed E-state index contributed by atoms with van der Waals surface area (Å²) in [7, 11) is 0.449. The van der Waals surface area contributed by atoms with Gasteiger partial charge in [0, 0.05) is 10.9 Å². The van der Waals surface area contributed by atoms with E-state index in [-0.39, 0.29) is 0 Å². The highest BCUT2D eigenvalue weighted by Gasteiger charge is 2.13. The Morgan fingerprint density at radius 3 is 1.35 bits per heavy atom. The zero-order chi connectivity index (χ0) is 18.7. The minimum atomic E-state index is 0.449. The molecule has 150 valence electrons. The third-order valence-electron chi connectivity index (χ3n) is 5.45. The maximum Gasteiger partial charge on any atom is 0.154 e. The molecule has 0 aromatic heterocycles. The predicted octanol–water partition coefficient (Wildman–Crippen LogP) is 8.56. The van der Waals surface area contributed by atoms with E-state index >= 15 is 0 Å². The zero-order valence-corrected chi connectivity index (χ0v) is 18.6. The summed E-state index contributed by atoms with van der Waals surface area (Å²) in [6.45, 7) is 2.30. The SMILES string of the molecule is CCCCCCCCCCCCCCCCCC[S+](C)c1ccccc1. The van der Waals surface area contributed by atoms with Gasteiger partial charge in [0.15, 0.2) is 4.90 Å². The highest BCUT2D eigenvalue weighted by Crippen LogP contribution is 2.16. The van der Waals surface area contributed by atoms with Crippen LogP contribution in [0.3, 0.4) is 0 Å². The standard InChI is InChI=1S/C25H45S/c1-3-4-5-6-7-8-9-10-11-12-13-14-15-16-17-21-24-26(2)25-22-19-18-20-23-25/h18-20,22-23H,3-17,21,24H2,1-2H3/q+1. The number of rotatable bonds is 18. The lowest BCUT2D eigenvalue weighted by molar-refractivity contribution is 0.531. The highest BCUT2D eigenvalue weighted by molar-refractivity contribution is 7.96. The van der Waals surface area contributed by atoms with Crippen LogP contribution in [0.1, 0.15) is 110 Å². The number of benzene rings is 1. The minimum absolute atomic E-state index is 0.449. The van der Waals surface area contributed by atoms with E-state index in [4.69, 9.17) is 0 Å². The number of unbranched alkanes of at least 4 members (excludes halogenated alkanes) is 15. The quantitative estimate of drug-likeness (QED) is 0.177. The van der Waals surface area contributed by atoms with Crippen molar-refractivity contribution < 1.29 is 0 Å². The van der Waals surface area contributed by atoms with Gasteiger partial charge in [-0.2, -0.15) is 0 Å². The predicted molar refractivity (Wildman–Crippen MR) is 122 cm³/mol. The van der Waals surface area contributed by atoms with E-state index in [9.17, 15) is 0 Å². The summed E-state index contributed by atoms with van der Waals surface area (Å²) in [6.07, 6.45) is 25.7. The molecule has 1 atom stereocenters. The van der Waals surface area contributed by atoms with Gasteiger partial charge in [-0.1, -0.05) is 115 Å². The van der Waals surface area contributed by atoms with E-state index in [1.807, 2.05) is 0 Å². The molecule has 0 aliphatic heterocycles. The summed E-state index contributed by atoms with van der Waals surface area (Å²) in [4.78, 5) is 1.54. The van der Waals surface area contributed by atoms with Gasteiger partial charge in [-0.25, -0.2) is 0 Å². The van der Waals surface area contributed by atoms with E-state index in [0.29, 0.717) is 10.9 Å². The first-order chi connectivity index (χ1) is 12.8. The molecule has 1 aromatic carbocycles. The molecule has 0 aliphatic carbocycles. The third-order valence-corrected chi connectivity index (χ3v) is 7.43. The molecule has 0 N–H and O–H groups in total.